The second kappa shape index (κ2) is 6.55. The lowest BCUT2D eigenvalue weighted by Gasteiger charge is -2.23. The zero-order chi connectivity index (χ0) is 15.3. The van der Waals surface area contributed by atoms with Crippen LogP contribution in [-0.4, -0.2) is 23.0 Å². The van der Waals surface area contributed by atoms with Crippen molar-refractivity contribution < 1.29 is 14.7 Å². The van der Waals surface area contributed by atoms with Gasteiger partial charge in [0.15, 0.2) is 0 Å². The lowest BCUT2D eigenvalue weighted by Crippen LogP contribution is -2.41. The second-order valence-electron chi connectivity index (χ2n) is 5.95. The first kappa shape index (κ1) is 16.2. The monoisotopic (exact) mass is 277 g/mol. The number of hydrogen-bond acceptors (Lipinski definition) is 2. The summed E-state index contributed by atoms with van der Waals surface area (Å²) >= 11 is 0. The summed E-state index contributed by atoms with van der Waals surface area (Å²) in [5.74, 6) is -1.31. The summed E-state index contributed by atoms with van der Waals surface area (Å²) in [4.78, 5) is 23.5. The van der Waals surface area contributed by atoms with E-state index in [1.54, 1.807) is 12.1 Å². The number of nitrogens with one attached hydrogen (secondary N) is 1. The van der Waals surface area contributed by atoms with Crippen LogP contribution in [0, 0.1) is 0 Å². The molecule has 110 valence electrons. The fourth-order valence-electron chi connectivity index (χ4n) is 2.12. The minimum atomic E-state index is -0.992. The lowest BCUT2D eigenvalue weighted by molar-refractivity contribution is -0.139. The van der Waals surface area contributed by atoms with Crippen molar-refractivity contribution in [3.8, 4) is 0 Å². The Labute approximate surface area is 120 Å². The van der Waals surface area contributed by atoms with Gasteiger partial charge >= 0.3 is 5.97 Å². The Morgan fingerprint density at radius 1 is 1.25 bits per heavy atom. The summed E-state index contributed by atoms with van der Waals surface area (Å²) in [6, 6.07) is 6.49. The van der Waals surface area contributed by atoms with E-state index in [2.05, 4.69) is 5.32 Å². The number of hydrogen-bond donors (Lipinski definition) is 2. The van der Waals surface area contributed by atoms with Crippen molar-refractivity contribution >= 4 is 11.9 Å². The van der Waals surface area contributed by atoms with Crippen LogP contribution in [0.3, 0.4) is 0 Å². The maximum atomic E-state index is 12.3. The van der Waals surface area contributed by atoms with Gasteiger partial charge in [-0.05, 0) is 23.5 Å². The van der Waals surface area contributed by atoms with Crippen molar-refractivity contribution in [2.24, 2.45) is 0 Å². The molecule has 1 rings (SSSR count). The molecule has 0 aliphatic rings. The highest BCUT2D eigenvalue weighted by Gasteiger charge is 2.24. The molecule has 0 aliphatic heterocycles. The van der Waals surface area contributed by atoms with Gasteiger partial charge in [-0.15, -0.1) is 0 Å². The Bertz CT molecular complexity index is 489. The van der Waals surface area contributed by atoms with E-state index in [1.165, 1.54) is 0 Å². The third-order valence-electron chi connectivity index (χ3n) is 3.16. The zero-order valence-electron chi connectivity index (χ0n) is 12.6. The smallest absolute Gasteiger partial charge is 0.326 e. The maximum absolute atomic E-state index is 12.3. The molecule has 0 radical (unpaired) electrons. The average molecular weight is 277 g/mol. The molecular formula is C16H23NO3. The largest absolute Gasteiger partial charge is 0.480 e. The van der Waals surface area contributed by atoms with Crippen molar-refractivity contribution in [1.29, 1.82) is 0 Å². The number of amides is 1. The molecular weight excluding hydrogens is 254 g/mol. The van der Waals surface area contributed by atoms with E-state index in [9.17, 15) is 9.59 Å². The molecule has 0 saturated heterocycles. The summed E-state index contributed by atoms with van der Waals surface area (Å²) in [6.45, 7) is 7.98. The van der Waals surface area contributed by atoms with Crippen LogP contribution in [0.5, 0.6) is 0 Å². The van der Waals surface area contributed by atoms with E-state index >= 15 is 0 Å². The van der Waals surface area contributed by atoms with Crippen LogP contribution < -0.4 is 5.32 Å². The van der Waals surface area contributed by atoms with E-state index in [0.717, 1.165) is 5.56 Å². The van der Waals surface area contributed by atoms with Gasteiger partial charge in [0.2, 0.25) is 0 Å². The number of benzene rings is 1. The van der Waals surface area contributed by atoms with Gasteiger partial charge in [-0.1, -0.05) is 52.3 Å². The summed E-state index contributed by atoms with van der Waals surface area (Å²) in [6.07, 6.45) is 1.14. The number of rotatable bonds is 5. The lowest BCUT2D eigenvalue weighted by atomic mass is 9.83. The Morgan fingerprint density at radius 2 is 1.85 bits per heavy atom. The number of carbonyl (C=O) groups is 2. The first-order valence-corrected chi connectivity index (χ1v) is 6.90. The molecule has 0 bridgehead atoms. The molecule has 0 unspecified atom stereocenters. The Morgan fingerprint density at radius 3 is 2.35 bits per heavy atom. The Kier molecular flexibility index (Phi) is 5.31. The van der Waals surface area contributed by atoms with E-state index in [-0.39, 0.29) is 11.3 Å². The van der Waals surface area contributed by atoms with Crippen LogP contribution in [0.4, 0.5) is 0 Å². The Balaban J connectivity index is 3.01. The predicted octanol–water partition coefficient (Wildman–Crippen LogP) is 2.97. The van der Waals surface area contributed by atoms with Crippen LogP contribution in [0.25, 0.3) is 0 Å². The van der Waals surface area contributed by atoms with Crippen molar-refractivity contribution in [2.75, 3.05) is 0 Å². The van der Waals surface area contributed by atoms with E-state index < -0.39 is 12.0 Å². The molecule has 1 aromatic rings. The molecule has 1 amide bonds. The predicted molar refractivity (Wildman–Crippen MR) is 78.9 cm³/mol. The fraction of sp³-hybridized carbons (Fsp3) is 0.500. The van der Waals surface area contributed by atoms with Crippen molar-refractivity contribution in [3.05, 3.63) is 35.4 Å². The summed E-state index contributed by atoms with van der Waals surface area (Å²) in [7, 11) is 0. The molecule has 0 fully saturated rings. The van der Waals surface area contributed by atoms with Crippen LogP contribution in [0.15, 0.2) is 24.3 Å². The molecule has 0 spiro atoms. The molecule has 1 aromatic carbocycles. The van der Waals surface area contributed by atoms with Crippen molar-refractivity contribution in [2.45, 2.75) is 52.0 Å². The van der Waals surface area contributed by atoms with E-state index in [4.69, 9.17) is 5.11 Å². The highest BCUT2D eigenvalue weighted by atomic mass is 16.4. The highest BCUT2D eigenvalue weighted by Crippen LogP contribution is 2.25. The normalized spacial score (nSPS) is 12.8. The highest BCUT2D eigenvalue weighted by molar-refractivity contribution is 5.98. The summed E-state index contributed by atoms with van der Waals surface area (Å²) < 4.78 is 0. The quantitative estimate of drug-likeness (QED) is 0.869. The van der Waals surface area contributed by atoms with Crippen molar-refractivity contribution in [3.63, 3.8) is 0 Å². The third-order valence-corrected chi connectivity index (χ3v) is 3.16. The molecule has 0 aliphatic carbocycles. The van der Waals surface area contributed by atoms with Crippen LogP contribution >= 0.6 is 0 Å². The second-order valence-corrected chi connectivity index (χ2v) is 5.95. The molecule has 2 N–H and O–H groups in total. The molecule has 1 atom stereocenters. The van der Waals surface area contributed by atoms with Gasteiger partial charge < -0.3 is 10.4 Å². The molecule has 0 heterocycles. The van der Waals surface area contributed by atoms with Crippen LogP contribution in [-0.2, 0) is 10.2 Å². The van der Waals surface area contributed by atoms with Gasteiger partial charge in [0.1, 0.15) is 6.04 Å². The Hall–Kier alpha value is -1.84. The maximum Gasteiger partial charge on any atom is 0.326 e. The number of aliphatic carboxylic acids is 1. The minimum absolute atomic E-state index is 0.169. The van der Waals surface area contributed by atoms with E-state index in [1.807, 2.05) is 39.8 Å². The van der Waals surface area contributed by atoms with Crippen molar-refractivity contribution in [1.82, 2.24) is 5.32 Å². The topological polar surface area (TPSA) is 66.4 Å². The SMILES string of the molecule is CCC[C@@H](NC(=O)c1ccccc1C(C)(C)C)C(=O)O. The van der Waals surface area contributed by atoms with Crippen LogP contribution in [0.2, 0.25) is 0 Å². The van der Waals surface area contributed by atoms with Crippen LogP contribution in [0.1, 0.15) is 56.5 Å². The summed E-state index contributed by atoms with van der Waals surface area (Å²) in [5.41, 5.74) is 1.29. The van der Waals surface area contributed by atoms with E-state index in [0.29, 0.717) is 18.4 Å². The fourth-order valence-corrected chi connectivity index (χ4v) is 2.12. The number of carboxylic acids is 1. The molecule has 4 nitrogen and oxygen atoms in total. The molecule has 0 aromatic heterocycles. The van der Waals surface area contributed by atoms with Gasteiger partial charge in [0.25, 0.3) is 5.91 Å². The molecule has 0 saturated carbocycles. The third kappa shape index (κ3) is 4.08. The standard InChI is InChI=1S/C16H23NO3/c1-5-8-13(15(19)20)17-14(18)11-9-6-7-10-12(11)16(2,3)4/h6-7,9-10,13H,5,8H2,1-4H3,(H,17,18)(H,19,20)/t13-/m1/s1. The van der Waals surface area contributed by atoms with Gasteiger partial charge in [-0.2, -0.15) is 0 Å². The minimum Gasteiger partial charge on any atom is -0.480 e. The zero-order valence-corrected chi connectivity index (χ0v) is 12.6. The van der Waals surface area contributed by atoms with Gasteiger partial charge in [0, 0.05) is 5.56 Å². The first-order valence-electron chi connectivity index (χ1n) is 6.90. The molecule has 4 heteroatoms. The average Bonchev–Trinajstić information content (AvgIpc) is 2.37. The first-order chi connectivity index (χ1) is 9.27. The summed E-state index contributed by atoms with van der Waals surface area (Å²) in [5, 5.41) is 11.7. The van der Waals surface area contributed by atoms with Gasteiger partial charge in [-0.25, -0.2) is 4.79 Å². The number of carbonyl (C=O) groups excluding carboxylic acids is 1. The number of carboxylic acid groups (broad SMARTS) is 1. The van der Waals surface area contributed by atoms with Gasteiger partial charge in [-0.3, -0.25) is 4.79 Å². The van der Waals surface area contributed by atoms with Gasteiger partial charge in [0.05, 0.1) is 0 Å². The molecule has 20 heavy (non-hydrogen) atoms.